The minimum Gasteiger partial charge on any atom is -0.476 e. The smallest absolute Gasteiger partial charge is 0.357 e. The zero-order valence-electron chi connectivity index (χ0n) is 7.86. The van der Waals surface area contributed by atoms with E-state index in [0.29, 0.717) is 6.54 Å². The highest BCUT2D eigenvalue weighted by atomic mass is 16.4. The van der Waals surface area contributed by atoms with Gasteiger partial charge in [0.1, 0.15) is 6.26 Å². The van der Waals surface area contributed by atoms with Crippen LogP contribution < -0.4 is 5.32 Å². The van der Waals surface area contributed by atoms with Gasteiger partial charge in [-0.15, -0.1) is 0 Å². The van der Waals surface area contributed by atoms with Gasteiger partial charge in [0.15, 0.2) is 5.69 Å². The Bertz CT molecular complexity index is 331. The first-order chi connectivity index (χ1) is 6.74. The van der Waals surface area contributed by atoms with E-state index in [9.17, 15) is 4.79 Å². The third kappa shape index (κ3) is 2.93. The van der Waals surface area contributed by atoms with Crippen molar-refractivity contribution in [1.82, 2.24) is 4.98 Å². The van der Waals surface area contributed by atoms with E-state index in [0.717, 1.165) is 12.7 Å². The molecule has 76 valence electrons. The molecule has 0 unspecified atom stereocenters. The molecule has 0 aliphatic rings. The lowest BCUT2D eigenvalue weighted by molar-refractivity contribution is 0.0690. The number of carboxylic acid groups (broad SMARTS) is 1. The first-order valence-corrected chi connectivity index (χ1v) is 4.28. The summed E-state index contributed by atoms with van der Waals surface area (Å²) < 4.78 is 4.88. The molecule has 0 aliphatic carbocycles. The lowest BCUT2D eigenvalue weighted by Gasteiger charge is -1.96. The number of allylic oxidation sites excluding steroid dienone is 1. The van der Waals surface area contributed by atoms with Crippen LogP contribution in [0.1, 0.15) is 23.8 Å². The zero-order valence-corrected chi connectivity index (χ0v) is 7.86. The third-order valence-corrected chi connectivity index (χ3v) is 1.55. The van der Waals surface area contributed by atoms with Crippen LogP contribution in [0.4, 0.5) is 6.01 Å². The van der Waals surface area contributed by atoms with Gasteiger partial charge >= 0.3 is 5.97 Å². The maximum absolute atomic E-state index is 10.4. The minimum atomic E-state index is -1.09. The maximum Gasteiger partial charge on any atom is 0.357 e. The van der Waals surface area contributed by atoms with E-state index in [4.69, 9.17) is 9.52 Å². The van der Waals surface area contributed by atoms with Gasteiger partial charge in [0.05, 0.1) is 0 Å². The summed E-state index contributed by atoms with van der Waals surface area (Å²) >= 11 is 0. The molecule has 5 heteroatoms. The topological polar surface area (TPSA) is 75.4 Å². The summed E-state index contributed by atoms with van der Waals surface area (Å²) in [5.74, 6) is -1.09. The molecule has 0 spiro atoms. The van der Waals surface area contributed by atoms with E-state index in [1.165, 1.54) is 0 Å². The van der Waals surface area contributed by atoms with Crippen molar-refractivity contribution >= 4 is 12.0 Å². The van der Waals surface area contributed by atoms with Gasteiger partial charge in [-0.3, -0.25) is 0 Å². The van der Waals surface area contributed by atoms with Gasteiger partial charge in [-0.05, 0) is 13.3 Å². The summed E-state index contributed by atoms with van der Waals surface area (Å²) in [4.78, 5) is 14.1. The molecule has 1 aromatic rings. The van der Waals surface area contributed by atoms with Crippen LogP contribution in [0.3, 0.4) is 0 Å². The number of carbonyl (C=O) groups is 1. The summed E-state index contributed by atoms with van der Waals surface area (Å²) in [5.41, 5.74) is -0.0847. The lowest BCUT2D eigenvalue weighted by Crippen LogP contribution is -2.01. The number of oxazole rings is 1. The fraction of sp³-hybridized carbons (Fsp3) is 0.333. The van der Waals surface area contributed by atoms with Crippen LogP contribution in [0.15, 0.2) is 22.8 Å². The molecule has 0 atom stereocenters. The van der Waals surface area contributed by atoms with Gasteiger partial charge in [0, 0.05) is 6.54 Å². The Morgan fingerprint density at radius 2 is 2.57 bits per heavy atom. The molecule has 14 heavy (non-hydrogen) atoms. The number of aromatic carboxylic acids is 1. The first kappa shape index (κ1) is 10.3. The average molecular weight is 196 g/mol. The molecule has 0 fully saturated rings. The SMILES string of the molecule is C/C=C/CCNc1nc(C(=O)O)co1. The molecule has 0 saturated heterocycles. The third-order valence-electron chi connectivity index (χ3n) is 1.55. The van der Waals surface area contributed by atoms with Crippen molar-refractivity contribution in [1.29, 1.82) is 0 Å². The summed E-state index contributed by atoms with van der Waals surface area (Å²) in [6.07, 6.45) is 5.90. The Morgan fingerprint density at radius 3 is 3.14 bits per heavy atom. The van der Waals surface area contributed by atoms with Crippen LogP contribution in [-0.4, -0.2) is 22.6 Å². The van der Waals surface area contributed by atoms with E-state index in [2.05, 4.69) is 10.3 Å². The molecule has 5 nitrogen and oxygen atoms in total. The van der Waals surface area contributed by atoms with Crippen LogP contribution in [0.25, 0.3) is 0 Å². The summed E-state index contributed by atoms with van der Waals surface area (Å²) in [5, 5.41) is 11.4. The number of nitrogens with zero attached hydrogens (tertiary/aromatic N) is 1. The Hall–Kier alpha value is -1.78. The molecule has 0 amide bonds. The van der Waals surface area contributed by atoms with Crippen molar-refractivity contribution in [3.05, 3.63) is 24.1 Å². The quantitative estimate of drug-likeness (QED) is 0.554. The van der Waals surface area contributed by atoms with Crippen LogP contribution in [0, 0.1) is 0 Å². The number of hydrogen-bond acceptors (Lipinski definition) is 4. The summed E-state index contributed by atoms with van der Waals surface area (Å²) in [6.45, 7) is 2.61. The normalized spacial score (nSPS) is 10.6. The Kier molecular flexibility index (Phi) is 3.72. The van der Waals surface area contributed by atoms with E-state index in [1.807, 2.05) is 19.1 Å². The zero-order chi connectivity index (χ0) is 10.4. The van der Waals surface area contributed by atoms with Gasteiger partial charge < -0.3 is 14.8 Å². The Labute approximate surface area is 81.5 Å². The molecular formula is C9H12N2O3. The van der Waals surface area contributed by atoms with Crippen molar-refractivity contribution in [2.45, 2.75) is 13.3 Å². The second kappa shape index (κ2) is 5.06. The highest BCUT2D eigenvalue weighted by Crippen LogP contribution is 2.06. The highest BCUT2D eigenvalue weighted by molar-refractivity contribution is 5.85. The summed E-state index contributed by atoms with van der Waals surface area (Å²) in [7, 11) is 0. The number of aromatic nitrogens is 1. The predicted molar refractivity (Wildman–Crippen MR) is 51.4 cm³/mol. The van der Waals surface area contributed by atoms with Gasteiger partial charge in [0.25, 0.3) is 6.01 Å². The van der Waals surface area contributed by atoms with Crippen LogP contribution in [-0.2, 0) is 0 Å². The number of rotatable bonds is 5. The van der Waals surface area contributed by atoms with Gasteiger partial charge in [-0.25, -0.2) is 4.79 Å². The summed E-state index contributed by atoms with van der Waals surface area (Å²) in [6, 6.07) is 0.243. The molecule has 1 rings (SSSR count). The van der Waals surface area contributed by atoms with E-state index < -0.39 is 5.97 Å². The largest absolute Gasteiger partial charge is 0.476 e. The van der Waals surface area contributed by atoms with Crippen molar-refractivity contribution in [3.8, 4) is 0 Å². The van der Waals surface area contributed by atoms with Crippen molar-refractivity contribution in [2.75, 3.05) is 11.9 Å². The first-order valence-electron chi connectivity index (χ1n) is 4.28. The van der Waals surface area contributed by atoms with Crippen LogP contribution >= 0.6 is 0 Å². The van der Waals surface area contributed by atoms with Crippen LogP contribution in [0.5, 0.6) is 0 Å². The maximum atomic E-state index is 10.4. The average Bonchev–Trinajstić information content (AvgIpc) is 2.61. The highest BCUT2D eigenvalue weighted by Gasteiger charge is 2.08. The monoisotopic (exact) mass is 196 g/mol. The lowest BCUT2D eigenvalue weighted by atomic mass is 10.4. The van der Waals surface area contributed by atoms with E-state index in [-0.39, 0.29) is 11.7 Å². The van der Waals surface area contributed by atoms with Gasteiger partial charge in [0.2, 0.25) is 0 Å². The number of anilines is 1. The fourth-order valence-electron chi connectivity index (χ4n) is 0.882. The number of carboxylic acids is 1. The molecule has 0 radical (unpaired) electrons. The molecular weight excluding hydrogens is 184 g/mol. The molecule has 1 heterocycles. The Balaban J connectivity index is 2.40. The molecule has 0 bridgehead atoms. The van der Waals surface area contributed by atoms with Crippen LogP contribution in [0.2, 0.25) is 0 Å². The molecule has 0 saturated carbocycles. The van der Waals surface area contributed by atoms with Gasteiger partial charge in [-0.2, -0.15) is 4.98 Å². The molecule has 2 N–H and O–H groups in total. The van der Waals surface area contributed by atoms with E-state index in [1.54, 1.807) is 0 Å². The molecule has 0 aromatic carbocycles. The van der Waals surface area contributed by atoms with Crippen molar-refractivity contribution in [2.24, 2.45) is 0 Å². The van der Waals surface area contributed by atoms with Crippen molar-refractivity contribution in [3.63, 3.8) is 0 Å². The number of hydrogen-bond donors (Lipinski definition) is 2. The molecule has 0 aliphatic heterocycles. The fourth-order valence-corrected chi connectivity index (χ4v) is 0.882. The van der Waals surface area contributed by atoms with Gasteiger partial charge in [-0.1, -0.05) is 12.2 Å². The minimum absolute atomic E-state index is 0.0847. The van der Waals surface area contributed by atoms with Crippen molar-refractivity contribution < 1.29 is 14.3 Å². The second-order valence-corrected chi connectivity index (χ2v) is 2.63. The van der Waals surface area contributed by atoms with E-state index >= 15 is 0 Å². The standard InChI is InChI=1S/C9H12N2O3/c1-2-3-4-5-10-9-11-7(6-14-9)8(12)13/h2-3,6H,4-5H2,1H3,(H,10,11)(H,12,13)/b3-2+. The second-order valence-electron chi connectivity index (χ2n) is 2.63. The molecule has 1 aromatic heterocycles. The number of nitrogens with one attached hydrogen (secondary N) is 1. The predicted octanol–water partition coefficient (Wildman–Crippen LogP) is 1.75. The Morgan fingerprint density at radius 1 is 1.79 bits per heavy atom.